The van der Waals surface area contributed by atoms with Gasteiger partial charge in [0, 0.05) is 12.1 Å². The van der Waals surface area contributed by atoms with Gasteiger partial charge in [-0.1, -0.05) is 12.8 Å². The van der Waals surface area contributed by atoms with Crippen molar-refractivity contribution < 1.29 is 14.6 Å². The van der Waals surface area contributed by atoms with Gasteiger partial charge in [-0.15, -0.1) is 0 Å². The van der Waals surface area contributed by atoms with Gasteiger partial charge in [0.15, 0.2) is 0 Å². The predicted octanol–water partition coefficient (Wildman–Crippen LogP) is 1.56. The molecule has 1 aliphatic carbocycles. The van der Waals surface area contributed by atoms with E-state index in [9.17, 15) is 9.90 Å². The Bertz CT molecular complexity index is 243. The van der Waals surface area contributed by atoms with Crippen LogP contribution in [0.5, 0.6) is 0 Å². The molecule has 1 saturated carbocycles. The molecule has 2 unspecified atom stereocenters. The lowest BCUT2D eigenvalue weighted by Gasteiger charge is -2.39. The molecule has 0 spiro atoms. The van der Waals surface area contributed by atoms with Crippen molar-refractivity contribution >= 4 is 5.97 Å². The van der Waals surface area contributed by atoms with Gasteiger partial charge in [0.1, 0.15) is 0 Å². The number of esters is 1. The molecule has 1 aliphatic rings. The number of hydrogen-bond donors (Lipinski definition) is 1. The first kappa shape index (κ1) is 14.5. The van der Waals surface area contributed by atoms with E-state index < -0.39 is 0 Å². The van der Waals surface area contributed by atoms with E-state index in [4.69, 9.17) is 4.74 Å². The van der Waals surface area contributed by atoms with Crippen molar-refractivity contribution in [2.24, 2.45) is 0 Å². The van der Waals surface area contributed by atoms with Gasteiger partial charge in [-0.3, -0.25) is 9.69 Å². The fourth-order valence-corrected chi connectivity index (χ4v) is 2.52. The number of aliphatic hydroxyl groups excluding tert-OH is 1. The molecule has 0 radical (unpaired) electrons. The van der Waals surface area contributed by atoms with Gasteiger partial charge >= 0.3 is 5.97 Å². The van der Waals surface area contributed by atoms with Crippen molar-refractivity contribution in [3.8, 4) is 0 Å². The highest BCUT2D eigenvalue weighted by Gasteiger charge is 2.31. The Labute approximate surface area is 104 Å². The fourth-order valence-electron chi connectivity index (χ4n) is 2.52. The van der Waals surface area contributed by atoms with Gasteiger partial charge in [-0.2, -0.15) is 0 Å². The van der Waals surface area contributed by atoms with E-state index in [1.54, 1.807) is 0 Å². The monoisotopic (exact) mass is 243 g/mol. The molecule has 2 atom stereocenters. The summed E-state index contributed by atoms with van der Waals surface area (Å²) in [5, 5.41) is 10.0. The Morgan fingerprint density at radius 1 is 1.41 bits per heavy atom. The number of rotatable bonds is 5. The molecule has 0 aromatic rings. The number of nitrogens with zero attached hydrogens (tertiary/aromatic N) is 1. The molecular weight excluding hydrogens is 218 g/mol. The van der Waals surface area contributed by atoms with Gasteiger partial charge in [0.05, 0.1) is 19.3 Å². The predicted molar refractivity (Wildman–Crippen MR) is 66.7 cm³/mol. The van der Waals surface area contributed by atoms with Crippen LogP contribution in [-0.2, 0) is 9.53 Å². The van der Waals surface area contributed by atoms with Gasteiger partial charge < -0.3 is 9.84 Å². The first-order valence-electron chi connectivity index (χ1n) is 6.65. The zero-order chi connectivity index (χ0) is 12.8. The number of carbonyl (C=O) groups is 1. The Kier molecular flexibility index (Phi) is 5.92. The van der Waals surface area contributed by atoms with Gasteiger partial charge in [-0.05, 0) is 33.6 Å². The fraction of sp³-hybridized carbons (Fsp3) is 0.923. The van der Waals surface area contributed by atoms with Crippen molar-refractivity contribution in [2.45, 2.75) is 64.6 Å². The van der Waals surface area contributed by atoms with Crippen LogP contribution in [0.3, 0.4) is 0 Å². The van der Waals surface area contributed by atoms with Crippen molar-refractivity contribution in [3.05, 3.63) is 0 Å². The summed E-state index contributed by atoms with van der Waals surface area (Å²) in [7, 11) is 0. The largest absolute Gasteiger partial charge is 0.465 e. The Balaban J connectivity index is 2.60. The summed E-state index contributed by atoms with van der Waals surface area (Å²) >= 11 is 0. The highest BCUT2D eigenvalue weighted by Crippen LogP contribution is 2.24. The lowest BCUT2D eigenvalue weighted by Crippen LogP contribution is -2.50. The summed E-state index contributed by atoms with van der Waals surface area (Å²) < 4.78 is 4.99. The van der Waals surface area contributed by atoms with E-state index in [1.165, 1.54) is 0 Å². The second-order valence-electron chi connectivity index (χ2n) is 4.99. The highest BCUT2D eigenvalue weighted by molar-refractivity contribution is 5.71. The standard InChI is InChI=1S/C13H25NO3/c1-4-17-13(16)9-14(10(2)3)11-7-5-6-8-12(11)15/h10-12,15H,4-9H2,1-3H3. The Morgan fingerprint density at radius 3 is 2.59 bits per heavy atom. The highest BCUT2D eigenvalue weighted by atomic mass is 16.5. The maximum absolute atomic E-state index is 11.6. The SMILES string of the molecule is CCOC(=O)CN(C(C)C)C1CCCCC1O. The molecule has 0 aliphatic heterocycles. The smallest absolute Gasteiger partial charge is 0.320 e. The van der Waals surface area contributed by atoms with Crippen LogP contribution in [0.25, 0.3) is 0 Å². The van der Waals surface area contributed by atoms with Crippen LogP contribution >= 0.6 is 0 Å². The van der Waals surface area contributed by atoms with Gasteiger partial charge in [0.25, 0.3) is 0 Å². The summed E-state index contributed by atoms with van der Waals surface area (Å²) in [6.45, 7) is 6.62. The summed E-state index contributed by atoms with van der Waals surface area (Å²) in [5.74, 6) is -0.195. The molecule has 0 bridgehead atoms. The number of aliphatic hydroxyl groups is 1. The topological polar surface area (TPSA) is 49.8 Å². The van der Waals surface area contributed by atoms with Gasteiger partial charge in [-0.25, -0.2) is 0 Å². The van der Waals surface area contributed by atoms with Crippen molar-refractivity contribution in [2.75, 3.05) is 13.2 Å². The molecule has 1 N–H and O–H groups in total. The van der Waals surface area contributed by atoms with Crippen molar-refractivity contribution in [3.63, 3.8) is 0 Å². The van der Waals surface area contributed by atoms with Crippen molar-refractivity contribution in [1.29, 1.82) is 0 Å². The number of ether oxygens (including phenoxy) is 1. The molecule has 0 amide bonds. The van der Waals surface area contributed by atoms with Crippen LogP contribution < -0.4 is 0 Å². The van der Waals surface area contributed by atoms with E-state index in [2.05, 4.69) is 18.7 Å². The van der Waals surface area contributed by atoms with Crippen LogP contribution in [-0.4, -0.2) is 47.3 Å². The second-order valence-corrected chi connectivity index (χ2v) is 4.99. The third-order valence-electron chi connectivity index (χ3n) is 3.40. The molecule has 0 heterocycles. The molecule has 0 saturated heterocycles. The molecule has 100 valence electrons. The molecule has 0 aromatic carbocycles. The minimum atomic E-state index is -0.305. The Morgan fingerprint density at radius 2 is 2.06 bits per heavy atom. The molecule has 17 heavy (non-hydrogen) atoms. The van der Waals surface area contributed by atoms with Crippen molar-refractivity contribution in [1.82, 2.24) is 4.90 Å². The van der Waals surface area contributed by atoms with E-state index in [-0.39, 0.29) is 30.7 Å². The summed E-state index contributed by atoms with van der Waals surface area (Å²) in [6, 6.07) is 0.352. The second kappa shape index (κ2) is 6.97. The molecule has 1 rings (SSSR count). The third-order valence-corrected chi connectivity index (χ3v) is 3.40. The maximum atomic E-state index is 11.6. The quantitative estimate of drug-likeness (QED) is 0.745. The normalized spacial score (nSPS) is 25.3. The minimum Gasteiger partial charge on any atom is -0.465 e. The van der Waals surface area contributed by atoms with E-state index in [1.807, 2.05) is 6.92 Å². The molecule has 4 heteroatoms. The van der Waals surface area contributed by atoms with E-state index >= 15 is 0 Å². The maximum Gasteiger partial charge on any atom is 0.320 e. The minimum absolute atomic E-state index is 0.105. The first-order valence-corrected chi connectivity index (χ1v) is 6.65. The molecule has 1 fully saturated rings. The molecule has 4 nitrogen and oxygen atoms in total. The zero-order valence-electron chi connectivity index (χ0n) is 11.2. The number of carbonyl (C=O) groups excluding carboxylic acids is 1. The average Bonchev–Trinajstić information content (AvgIpc) is 2.27. The summed E-state index contributed by atoms with van der Waals surface area (Å²) in [5.41, 5.74) is 0. The van der Waals surface area contributed by atoms with Crippen LogP contribution in [0.1, 0.15) is 46.5 Å². The molecule has 0 aromatic heterocycles. The summed E-state index contributed by atoms with van der Waals surface area (Å²) in [6.07, 6.45) is 3.73. The van der Waals surface area contributed by atoms with Crippen LogP contribution in [0, 0.1) is 0 Å². The number of hydrogen-bond acceptors (Lipinski definition) is 4. The van der Waals surface area contributed by atoms with Crippen LogP contribution in [0.2, 0.25) is 0 Å². The zero-order valence-corrected chi connectivity index (χ0v) is 11.2. The van der Waals surface area contributed by atoms with E-state index in [0.29, 0.717) is 6.61 Å². The third kappa shape index (κ3) is 4.28. The summed E-state index contributed by atoms with van der Waals surface area (Å²) in [4.78, 5) is 13.6. The van der Waals surface area contributed by atoms with E-state index in [0.717, 1.165) is 25.7 Å². The van der Waals surface area contributed by atoms with Crippen LogP contribution in [0.4, 0.5) is 0 Å². The lowest BCUT2D eigenvalue weighted by atomic mass is 9.90. The first-order chi connectivity index (χ1) is 8.06. The average molecular weight is 243 g/mol. The van der Waals surface area contributed by atoms with Crippen LogP contribution in [0.15, 0.2) is 0 Å². The lowest BCUT2D eigenvalue weighted by molar-refractivity contribution is -0.146. The Hall–Kier alpha value is -0.610. The van der Waals surface area contributed by atoms with Gasteiger partial charge in [0.2, 0.25) is 0 Å². The molecular formula is C13H25NO3.